The summed E-state index contributed by atoms with van der Waals surface area (Å²) in [6.45, 7) is 0. The summed E-state index contributed by atoms with van der Waals surface area (Å²) < 4.78 is 174. The fourth-order valence-corrected chi connectivity index (χ4v) is 6.07. The van der Waals surface area contributed by atoms with Crippen molar-refractivity contribution in [2.45, 2.75) is 16.5 Å². The quantitative estimate of drug-likeness (QED) is 0.123. The molecule has 0 aliphatic heterocycles. The summed E-state index contributed by atoms with van der Waals surface area (Å²) >= 11 is 6.38. The monoisotopic (exact) mass is 909 g/mol. The minimum atomic E-state index is -6.85. The van der Waals surface area contributed by atoms with Crippen LogP contribution in [0.15, 0.2) is 81.7 Å². The molecule has 0 atom stereocenters. The van der Waals surface area contributed by atoms with Crippen molar-refractivity contribution >= 4 is 83.8 Å². The van der Waals surface area contributed by atoms with Gasteiger partial charge in [-0.15, -0.1) is 3.63 Å². The van der Waals surface area contributed by atoms with Crippen LogP contribution in [0.25, 0.3) is 21.5 Å². The van der Waals surface area contributed by atoms with Gasteiger partial charge in [-0.05, 0) is 65.5 Å². The summed E-state index contributed by atoms with van der Waals surface area (Å²) in [6, 6.07) is 20.9. The zero-order valence-corrected chi connectivity index (χ0v) is 29.0. The number of hydrogen-bond donors (Lipinski definition) is 1. The molecule has 1 radical (unpaired) electrons. The molecule has 1 N–H and O–H groups in total. The first kappa shape index (κ1) is 42.7. The second kappa shape index (κ2) is 15.5. The summed E-state index contributed by atoms with van der Waals surface area (Å²) in [5.74, 6) is -0.121. The van der Waals surface area contributed by atoms with E-state index in [-0.39, 0.29) is 28.8 Å². The van der Waals surface area contributed by atoms with E-state index in [4.69, 9.17) is 0 Å². The molecule has 4 aromatic carbocycles. The van der Waals surface area contributed by atoms with E-state index in [1.165, 1.54) is 6.07 Å². The van der Waals surface area contributed by atoms with Crippen LogP contribution in [0.1, 0.15) is 0 Å². The summed E-state index contributed by atoms with van der Waals surface area (Å²) in [6.07, 6.45) is 0. The number of alkyl halides is 9. The first-order valence-corrected chi connectivity index (χ1v) is 16.9. The van der Waals surface area contributed by atoms with Crippen molar-refractivity contribution in [3.8, 4) is 11.5 Å². The van der Waals surface area contributed by atoms with E-state index >= 15 is 0 Å². The topological polar surface area (TPSA) is 141 Å². The fraction of sp³-hybridized carbons (Fsp3) is 0.130. The van der Waals surface area contributed by atoms with Crippen LogP contribution in [0, 0.1) is 0 Å². The van der Waals surface area contributed by atoms with E-state index in [9.17, 15) is 69.9 Å². The van der Waals surface area contributed by atoms with Crippen molar-refractivity contribution in [2.24, 2.45) is 0 Å². The molecule has 47 heavy (non-hydrogen) atoms. The molecule has 0 aliphatic rings. The average Bonchev–Trinajstić information content (AvgIpc) is 2.91. The van der Waals surface area contributed by atoms with E-state index in [0.29, 0.717) is 5.39 Å². The SMILES string of the molecule is O=S(=O)(OS(=O)(=O)C(F)(F)F)C(F)(F)F.O=S(=O)(Oc1ccc2ccccc2c1Br)C(F)(F)F.Oc1ccc2ccccc2c1Br.[V]. The van der Waals surface area contributed by atoms with Crippen molar-refractivity contribution in [3.63, 3.8) is 0 Å². The Morgan fingerprint density at radius 3 is 1.30 bits per heavy atom. The van der Waals surface area contributed by atoms with Gasteiger partial charge >= 0.3 is 46.9 Å². The Kier molecular flexibility index (Phi) is 14.1. The number of aromatic hydroxyl groups is 1. The van der Waals surface area contributed by atoms with Crippen molar-refractivity contribution in [1.29, 1.82) is 0 Å². The van der Waals surface area contributed by atoms with Gasteiger partial charge in [-0.3, -0.25) is 0 Å². The number of benzene rings is 4. The minimum absolute atomic E-state index is 0. The molecule has 0 saturated carbocycles. The first-order chi connectivity index (χ1) is 20.7. The van der Waals surface area contributed by atoms with E-state index < -0.39 is 52.6 Å². The third-order valence-electron chi connectivity index (χ3n) is 4.90. The van der Waals surface area contributed by atoms with Gasteiger partial charge in [0.1, 0.15) is 5.75 Å². The Balaban J connectivity index is 0.000000358. The zero-order valence-electron chi connectivity index (χ0n) is 22.0. The maximum atomic E-state index is 12.2. The molecule has 4 rings (SSSR count). The van der Waals surface area contributed by atoms with Crippen LogP contribution >= 0.6 is 31.9 Å². The molecule has 0 amide bonds. The maximum Gasteiger partial charge on any atom is 0.534 e. The van der Waals surface area contributed by atoms with Gasteiger partial charge in [0.05, 0.1) is 8.95 Å². The Hall–Kier alpha value is -2.28. The van der Waals surface area contributed by atoms with Crippen LogP contribution in [-0.2, 0) is 52.5 Å². The smallest absolute Gasteiger partial charge is 0.507 e. The van der Waals surface area contributed by atoms with Crippen LogP contribution in [0.2, 0.25) is 0 Å². The van der Waals surface area contributed by atoms with Gasteiger partial charge in [-0.2, -0.15) is 64.8 Å². The normalized spacial score (nSPS) is 12.7. The molecule has 0 unspecified atom stereocenters. The van der Waals surface area contributed by atoms with Gasteiger partial charge < -0.3 is 9.29 Å². The van der Waals surface area contributed by atoms with Gasteiger partial charge in [-0.25, -0.2) is 0 Å². The second-order valence-corrected chi connectivity index (χ2v) is 14.5. The van der Waals surface area contributed by atoms with Crippen LogP contribution in [0.5, 0.6) is 11.5 Å². The van der Waals surface area contributed by atoms with Crippen molar-refractivity contribution in [3.05, 3.63) is 81.7 Å². The van der Waals surface area contributed by atoms with Crippen molar-refractivity contribution in [1.82, 2.24) is 0 Å². The summed E-state index contributed by atoms with van der Waals surface area (Å²) in [5.41, 5.74) is -18.0. The average molecular weight is 911 g/mol. The number of fused-ring (bicyclic) bond motifs is 2. The minimum Gasteiger partial charge on any atom is -0.507 e. The van der Waals surface area contributed by atoms with Crippen LogP contribution in [0.3, 0.4) is 0 Å². The number of halogens is 11. The molecule has 0 aliphatic carbocycles. The summed E-state index contributed by atoms with van der Waals surface area (Å²) in [7, 11) is -19.4. The predicted molar refractivity (Wildman–Crippen MR) is 152 cm³/mol. The van der Waals surface area contributed by atoms with Gasteiger partial charge in [0.2, 0.25) is 0 Å². The van der Waals surface area contributed by atoms with Gasteiger partial charge in [-0.1, -0.05) is 60.7 Å². The number of hydrogen-bond acceptors (Lipinski definition) is 9. The third-order valence-corrected chi connectivity index (χ3v) is 10.1. The van der Waals surface area contributed by atoms with E-state index in [2.05, 4.69) is 36.0 Å². The Bertz CT molecular complexity index is 2010. The molecule has 4 aromatic rings. The molecule has 0 aromatic heterocycles. The molecule has 0 saturated heterocycles. The molecule has 9 nitrogen and oxygen atoms in total. The zero-order chi connectivity index (χ0) is 35.5. The predicted octanol–water partition coefficient (Wildman–Crippen LogP) is 7.84. The number of rotatable bonds is 4. The van der Waals surface area contributed by atoms with Crippen LogP contribution in [-0.4, -0.2) is 46.9 Å². The molecular weight excluding hydrogens is 898 g/mol. The van der Waals surface area contributed by atoms with Crippen LogP contribution < -0.4 is 4.18 Å². The Morgan fingerprint density at radius 1 is 0.532 bits per heavy atom. The summed E-state index contributed by atoms with van der Waals surface area (Å²) in [4.78, 5) is 0. The molecular formula is C23H13Br2F9O9S3V. The van der Waals surface area contributed by atoms with Crippen molar-refractivity contribution in [2.75, 3.05) is 0 Å². The number of phenols is 1. The van der Waals surface area contributed by atoms with Gasteiger partial charge in [0.25, 0.3) is 0 Å². The Labute approximate surface area is 288 Å². The molecule has 259 valence electrons. The summed E-state index contributed by atoms with van der Waals surface area (Å²) in [5, 5.41) is 12.8. The van der Waals surface area contributed by atoms with E-state index in [1.807, 2.05) is 34.0 Å². The molecule has 0 bridgehead atoms. The fourth-order valence-electron chi connectivity index (χ4n) is 2.86. The largest absolute Gasteiger partial charge is 0.534 e. The molecule has 0 fully saturated rings. The Morgan fingerprint density at radius 2 is 0.894 bits per heavy atom. The molecule has 24 heteroatoms. The van der Waals surface area contributed by atoms with E-state index in [0.717, 1.165) is 26.7 Å². The maximum absolute atomic E-state index is 12.2. The standard InChI is InChI=1S/C11H6BrF3O3S.C10H7BrO.C2F6O5S2.V/c12-10-8-4-2-1-3-7(8)5-6-9(10)18-19(16,17)11(13,14)15;11-10-8-4-2-1-3-7(8)5-6-9(10)12;3-1(4,5)14(9,10)13-15(11,12)2(6,7)8;/h1-6H;1-6,12H;;. The van der Waals surface area contributed by atoms with E-state index in [1.54, 1.807) is 30.3 Å². The number of phenolic OH excluding ortho intramolecular Hbond substituents is 1. The van der Waals surface area contributed by atoms with Gasteiger partial charge in [0.15, 0.2) is 5.75 Å². The molecule has 0 heterocycles. The molecule has 0 spiro atoms. The second-order valence-electron chi connectivity index (χ2n) is 8.07. The first-order valence-electron chi connectivity index (χ1n) is 11.1. The van der Waals surface area contributed by atoms with Gasteiger partial charge in [0, 0.05) is 18.6 Å². The van der Waals surface area contributed by atoms with Crippen LogP contribution in [0.4, 0.5) is 39.5 Å². The van der Waals surface area contributed by atoms with Crippen molar-refractivity contribution < 1.29 is 96.2 Å². The third kappa shape index (κ3) is 10.9.